The highest BCUT2D eigenvalue weighted by Crippen LogP contribution is 2.46. The standard InChI is InChI=1S/C37H25N/c1-24-10-5-7-15-27(24)30-20-22-34-36-32(30)18-19-33-31(29-17-9-12-25-11-6-8-16-28(25)29)21-23-35(37(33)36)38(34)26-13-3-2-4-14-26/h2-23H,1H3/i5D,7D,10D,15D. The molecule has 0 unspecified atom stereocenters. The Labute approximate surface area is 227 Å². The van der Waals surface area contributed by atoms with E-state index in [0.717, 1.165) is 49.4 Å². The summed E-state index contributed by atoms with van der Waals surface area (Å²) in [7, 11) is 0. The minimum atomic E-state index is -0.210. The lowest BCUT2D eigenvalue weighted by molar-refractivity contribution is 1.18. The van der Waals surface area contributed by atoms with Gasteiger partial charge >= 0.3 is 0 Å². The Balaban J connectivity index is 1.54. The van der Waals surface area contributed by atoms with E-state index in [1.165, 1.54) is 16.3 Å². The number of hydrogen-bond acceptors (Lipinski definition) is 0. The van der Waals surface area contributed by atoms with Crippen LogP contribution in [0.15, 0.2) is 133 Å². The number of aromatic nitrogens is 1. The molecule has 1 heteroatoms. The average molecular weight is 488 g/mol. The first kappa shape index (κ1) is 17.6. The first-order chi connectivity index (χ1) is 20.5. The molecule has 0 atom stereocenters. The summed E-state index contributed by atoms with van der Waals surface area (Å²) in [6, 6.07) is 37.7. The van der Waals surface area contributed by atoms with Crippen LogP contribution in [0.4, 0.5) is 0 Å². The third kappa shape index (κ3) is 2.93. The van der Waals surface area contributed by atoms with Crippen LogP contribution in [0, 0.1) is 6.92 Å². The molecule has 0 aliphatic carbocycles. The first-order valence-electron chi connectivity index (χ1n) is 14.9. The summed E-state index contributed by atoms with van der Waals surface area (Å²) in [4.78, 5) is 0. The topological polar surface area (TPSA) is 4.93 Å². The second-order valence-electron chi connectivity index (χ2n) is 9.87. The van der Waals surface area contributed by atoms with Crippen LogP contribution in [0.5, 0.6) is 0 Å². The van der Waals surface area contributed by atoms with Crippen molar-refractivity contribution in [3.05, 3.63) is 139 Å². The fourth-order valence-electron chi connectivity index (χ4n) is 6.17. The van der Waals surface area contributed by atoms with Crippen molar-refractivity contribution in [1.82, 2.24) is 4.57 Å². The van der Waals surface area contributed by atoms with Crippen molar-refractivity contribution in [2.45, 2.75) is 6.92 Å². The molecule has 1 heterocycles. The van der Waals surface area contributed by atoms with Crippen LogP contribution in [0.2, 0.25) is 0 Å². The summed E-state index contributed by atoms with van der Waals surface area (Å²) in [6.45, 7) is 1.79. The van der Waals surface area contributed by atoms with Crippen LogP contribution in [0.1, 0.15) is 11.0 Å². The quantitative estimate of drug-likeness (QED) is 0.218. The number of hydrogen-bond donors (Lipinski definition) is 0. The summed E-state index contributed by atoms with van der Waals surface area (Å²) in [5.74, 6) is 0. The van der Waals surface area contributed by atoms with E-state index in [9.17, 15) is 0 Å². The average Bonchev–Trinajstić information content (AvgIpc) is 3.38. The van der Waals surface area contributed by atoms with Crippen molar-refractivity contribution in [2.24, 2.45) is 0 Å². The van der Waals surface area contributed by atoms with E-state index in [-0.39, 0.29) is 24.2 Å². The van der Waals surface area contributed by atoms with Crippen LogP contribution >= 0.6 is 0 Å². The maximum atomic E-state index is 8.81. The van der Waals surface area contributed by atoms with Crippen LogP contribution in [-0.2, 0) is 0 Å². The molecule has 0 N–H and O–H groups in total. The van der Waals surface area contributed by atoms with E-state index in [0.29, 0.717) is 11.1 Å². The van der Waals surface area contributed by atoms with Gasteiger partial charge in [0.2, 0.25) is 0 Å². The number of nitrogens with zero attached hydrogens (tertiary/aromatic N) is 1. The molecule has 0 amide bonds. The molecule has 7 aromatic carbocycles. The highest BCUT2D eigenvalue weighted by Gasteiger charge is 2.21. The summed E-state index contributed by atoms with van der Waals surface area (Å²) in [5.41, 5.74) is 7.50. The molecule has 178 valence electrons. The van der Waals surface area contributed by atoms with Gasteiger partial charge in [-0.1, -0.05) is 109 Å². The zero-order valence-corrected chi connectivity index (χ0v) is 20.8. The molecular formula is C37H25N. The first-order valence-corrected chi connectivity index (χ1v) is 12.9. The second-order valence-corrected chi connectivity index (χ2v) is 9.87. The number of benzene rings is 7. The summed E-state index contributed by atoms with van der Waals surface area (Å²) >= 11 is 0. The van der Waals surface area contributed by atoms with Gasteiger partial charge < -0.3 is 4.57 Å². The van der Waals surface area contributed by atoms with E-state index in [1.807, 2.05) is 12.1 Å². The molecule has 0 aliphatic heterocycles. The van der Waals surface area contributed by atoms with Gasteiger partial charge in [-0.2, -0.15) is 0 Å². The molecule has 0 saturated heterocycles. The normalized spacial score (nSPS) is 13.3. The zero-order valence-electron chi connectivity index (χ0n) is 24.8. The number of rotatable bonds is 3. The Morgan fingerprint density at radius 3 is 1.87 bits per heavy atom. The van der Waals surface area contributed by atoms with Gasteiger partial charge in [-0.3, -0.25) is 0 Å². The van der Waals surface area contributed by atoms with Gasteiger partial charge in [-0.15, -0.1) is 0 Å². The van der Waals surface area contributed by atoms with Gasteiger partial charge in [0.15, 0.2) is 0 Å². The van der Waals surface area contributed by atoms with Crippen LogP contribution < -0.4 is 0 Å². The third-order valence-electron chi connectivity index (χ3n) is 7.83. The molecule has 0 bridgehead atoms. The Morgan fingerprint density at radius 2 is 1.11 bits per heavy atom. The Bertz CT molecular complexity index is 2320. The fraction of sp³-hybridized carbons (Fsp3) is 0.0270. The number of para-hydroxylation sites is 1. The smallest absolute Gasteiger partial charge is 0.0629 e. The highest BCUT2D eigenvalue weighted by molar-refractivity contribution is 6.29. The van der Waals surface area contributed by atoms with E-state index in [2.05, 4.69) is 102 Å². The predicted molar refractivity (Wildman–Crippen MR) is 163 cm³/mol. The summed E-state index contributed by atoms with van der Waals surface area (Å²) in [5, 5.41) is 6.78. The molecular weight excluding hydrogens is 458 g/mol. The molecule has 0 spiro atoms. The zero-order chi connectivity index (χ0) is 28.7. The SMILES string of the molecule is [2H]c1c([2H])c([2H])c(-c2ccc3c4c2ccc2c(-c5cccc6ccccc56)ccc(c24)n3-c2ccccc2)c(C)c1[2H]. The van der Waals surface area contributed by atoms with E-state index in [4.69, 9.17) is 5.48 Å². The van der Waals surface area contributed by atoms with Crippen molar-refractivity contribution in [2.75, 3.05) is 0 Å². The molecule has 8 aromatic rings. The Hall–Kier alpha value is -4.88. The summed E-state index contributed by atoms with van der Waals surface area (Å²) in [6.07, 6.45) is 0. The van der Waals surface area contributed by atoms with E-state index >= 15 is 0 Å². The van der Waals surface area contributed by atoms with Crippen molar-refractivity contribution < 1.29 is 5.48 Å². The molecule has 1 aromatic heterocycles. The van der Waals surface area contributed by atoms with Gasteiger partial charge in [0, 0.05) is 16.5 Å². The van der Waals surface area contributed by atoms with Gasteiger partial charge in [0.1, 0.15) is 0 Å². The maximum Gasteiger partial charge on any atom is 0.0629 e. The van der Waals surface area contributed by atoms with Gasteiger partial charge in [0.05, 0.1) is 16.5 Å². The molecule has 38 heavy (non-hydrogen) atoms. The van der Waals surface area contributed by atoms with E-state index < -0.39 is 0 Å². The molecule has 0 fully saturated rings. The lowest BCUT2D eigenvalue weighted by atomic mass is 9.89. The van der Waals surface area contributed by atoms with Crippen LogP contribution in [0.3, 0.4) is 0 Å². The van der Waals surface area contributed by atoms with Gasteiger partial charge in [-0.05, 0) is 80.6 Å². The van der Waals surface area contributed by atoms with Crippen molar-refractivity contribution in [1.29, 1.82) is 0 Å². The lowest BCUT2D eigenvalue weighted by Gasteiger charge is -2.13. The monoisotopic (exact) mass is 487 g/mol. The van der Waals surface area contributed by atoms with Crippen LogP contribution in [0.25, 0.3) is 71.3 Å². The molecule has 0 saturated carbocycles. The van der Waals surface area contributed by atoms with Gasteiger partial charge in [-0.25, -0.2) is 0 Å². The molecule has 8 rings (SSSR count). The Morgan fingerprint density at radius 1 is 0.500 bits per heavy atom. The minimum absolute atomic E-state index is 0.00345. The fourth-order valence-corrected chi connectivity index (χ4v) is 6.17. The molecule has 0 radical (unpaired) electrons. The van der Waals surface area contributed by atoms with E-state index in [1.54, 1.807) is 6.92 Å². The van der Waals surface area contributed by atoms with Gasteiger partial charge in [0.25, 0.3) is 0 Å². The molecule has 1 nitrogen and oxygen atoms in total. The predicted octanol–water partition coefficient (Wildman–Crippen LogP) is 10.2. The van der Waals surface area contributed by atoms with Crippen molar-refractivity contribution >= 4 is 43.4 Å². The highest BCUT2D eigenvalue weighted by atomic mass is 15.0. The third-order valence-corrected chi connectivity index (χ3v) is 7.83. The maximum absolute atomic E-state index is 8.81. The lowest BCUT2D eigenvalue weighted by Crippen LogP contribution is -1.93. The van der Waals surface area contributed by atoms with Crippen LogP contribution in [-0.4, -0.2) is 4.57 Å². The summed E-state index contributed by atoms with van der Waals surface area (Å²) < 4.78 is 36.2. The minimum Gasteiger partial charge on any atom is -0.309 e. The second kappa shape index (κ2) is 8.06. The van der Waals surface area contributed by atoms with Crippen molar-refractivity contribution in [3.8, 4) is 27.9 Å². The van der Waals surface area contributed by atoms with Crippen molar-refractivity contribution in [3.63, 3.8) is 0 Å². The largest absolute Gasteiger partial charge is 0.309 e. The molecule has 0 aliphatic rings. The Kier molecular flexibility index (Phi) is 3.72. The number of fused-ring (bicyclic) bond motifs is 1.